The summed E-state index contributed by atoms with van der Waals surface area (Å²) in [5.41, 5.74) is 2.71. The Kier molecular flexibility index (Phi) is 3.71. The second-order valence-electron chi connectivity index (χ2n) is 4.94. The third-order valence-electron chi connectivity index (χ3n) is 3.64. The third-order valence-corrected chi connectivity index (χ3v) is 3.96. The largest absolute Gasteiger partial charge is 0.308 e. The fourth-order valence-electron chi connectivity index (χ4n) is 2.62. The molecule has 1 amide bonds. The van der Waals surface area contributed by atoms with Crippen LogP contribution in [0.5, 0.6) is 0 Å². The Morgan fingerprint density at radius 1 is 1.19 bits per heavy atom. The number of carbonyl (C=O) groups is 1. The highest BCUT2D eigenvalue weighted by atomic mass is 35.5. The maximum atomic E-state index is 12.7. The van der Waals surface area contributed by atoms with Gasteiger partial charge in [-0.15, -0.1) is 4.91 Å². The minimum absolute atomic E-state index is 0.149. The Labute approximate surface area is 127 Å². The highest BCUT2D eigenvalue weighted by Crippen LogP contribution is 2.30. The number of anilines is 1. The molecule has 0 bridgehead atoms. The molecule has 0 saturated heterocycles. The van der Waals surface area contributed by atoms with Gasteiger partial charge in [-0.25, -0.2) is 0 Å². The van der Waals surface area contributed by atoms with E-state index in [1.165, 1.54) is 17.7 Å². The third kappa shape index (κ3) is 2.54. The summed E-state index contributed by atoms with van der Waals surface area (Å²) in [6, 6.07) is 12.4. The van der Waals surface area contributed by atoms with Gasteiger partial charge in [-0.1, -0.05) is 29.8 Å². The first-order chi connectivity index (χ1) is 10.2. The Morgan fingerprint density at radius 2 is 2.00 bits per heavy atom. The second kappa shape index (κ2) is 5.66. The van der Waals surface area contributed by atoms with Crippen LogP contribution in [-0.4, -0.2) is 12.5 Å². The highest BCUT2D eigenvalue weighted by Gasteiger charge is 2.24. The number of halogens is 1. The van der Waals surface area contributed by atoms with Crippen LogP contribution in [0, 0.1) is 4.91 Å². The molecule has 21 heavy (non-hydrogen) atoms. The number of aryl methyl sites for hydroxylation is 1. The van der Waals surface area contributed by atoms with Gasteiger partial charge in [0.2, 0.25) is 0 Å². The lowest BCUT2D eigenvalue weighted by Gasteiger charge is -2.29. The Morgan fingerprint density at radius 3 is 2.76 bits per heavy atom. The molecule has 0 fully saturated rings. The van der Waals surface area contributed by atoms with E-state index in [-0.39, 0.29) is 16.6 Å². The maximum absolute atomic E-state index is 12.7. The molecule has 3 rings (SSSR count). The summed E-state index contributed by atoms with van der Waals surface area (Å²) in [5, 5.41) is 3.07. The molecule has 5 heteroatoms. The molecule has 0 N–H and O–H groups in total. The van der Waals surface area contributed by atoms with E-state index < -0.39 is 0 Å². The lowest BCUT2D eigenvalue weighted by Crippen LogP contribution is -2.35. The fourth-order valence-corrected chi connectivity index (χ4v) is 2.88. The SMILES string of the molecule is O=Nc1ccc(C(=O)N2CCCc3ccccc32)c(Cl)c1. The first kappa shape index (κ1) is 13.8. The fraction of sp³-hybridized carbons (Fsp3) is 0.188. The highest BCUT2D eigenvalue weighted by molar-refractivity contribution is 6.34. The summed E-state index contributed by atoms with van der Waals surface area (Å²) in [6.45, 7) is 0.667. The first-order valence-corrected chi connectivity index (χ1v) is 7.11. The summed E-state index contributed by atoms with van der Waals surface area (Å²) in [6.07, 6.45) is 1.90. The van der Waals surface area contributed by atoms with E-state index in [0.717, 1.165) is 18.5 Å². The van der Waals surface area contributed by atoms with E-state index in [4.69, 9.17) is 11.6 Å². The van der Waals surface area contributed by atoms with Gasteiger partial charge < -0.3 is 4.90 Å². The van der Waals surface area contributed by atoms with Crippen molar-refractivity contribution >= 4 is 28.9 Å². The topological polar surface area (TPSA) is 49.7 Å². The van der Waals surface area contributed by atoms with Crippen molar-refractivity contribution in [1.82, 2.24) is 0 Å². The van der Waals surface area contributed by atoms with E-state index in [0.29, 0.717) is 12.1 Å². The van der Waals surface area contributed by atoms with Crippen molar-refractivity contribution in [3.8, 4) is 0 Å². The van der Waals surface area contributed by atoms with Crippen molar-refractivity contribution in [2.75, 3.05) is 11.4 Å². The molecular formula is C16H13ClN2O2. The van der Waals surface area contributed by atoms with Crippen LogP contribution >= 0.6 is 11.6 Å². The normalized spacial score (nSPS) is 13.7. The minimum atomic E-state index is -0.149. The van der Waals surface area contributed by atoms with Crippen molar-refractivity contribution in [2.24, 2.45) is 5.18 Å². The average molecular weight is 301 g/mol. The quantitative estimate of drug-likeness (QED) is 0.775. The molecular weight excluding hydrogens is 288 g/mol. The van der Waals surface area contributed by atoms with Gasteiger partial charge in [-0.05, 0) is 47.8 Å². The molecule has 0 unspecified atom stereocenters. The van der Waals surface area contributed by atoms with Gasteiger partial charge in [0.15, 0.2) is 0 Å². The van der Waals surface area contributed by atoms with Crippen LogP contribution in [0.3, 0.4) is 0 Å². The number of hydrogen-bond donors (Lipinski definition) is 0. The van der Waals surface area contributed by atoms with Crippen LogP contribution < -0.4 is 4.90 Å². The molecule has 1 aliphatic rings. The van der Waals surface area contributed by atoms with Crippen LogP contribution in [0.25, 0.3) is 0 Å². The predicted octanol–water partition coefficient (Wildman–Crippen LogP) is 4.33. The number of para-hydroxylation sites is 1. The molecule has 2 aromatic carbocycles. The van der Waals surface area contributed by atoms with Gasteiger partial charge in [0.25, 0.3) is 5.91 Å². The van der Waals surface area contributed by atoms with Gasteiger partial charge in [0, 0.05) is 12.2 Å². The number of nitrogens with zero attached hydrogens (tertiary/aromatic N) is 2. The van der Waals surface area contributed by atoms with Gasteiger partial charge in [-0.3, -0.25) is 4.79 Å². The van der Waals surface area contributed by atoms with Gasteiger partial charge in [0.1, 0.15) is 5.69 Å². The lowest BCUT2D eigenvalue weighted by atomic mass is 10.0. The number of benzene rings is 2. The van der Waals surface area contributed by atoms with E-state index in [1.807, 2.05) is 24.3 Å². The molecule has 4 nitrogen and oxygen atoms in total. The number of nitroso groups, excluding NO2 is 1. The van der Waals surface area contributed by atoms with Gasteiger partial charge in [-0.2, -0.15) is 0 Å². The van der Waals surface area contributed by atoms with Crippen LogP contribution in [0.1, 0.15) is 22.3 Å². The summed E-state index contributed by atoms with van der Waals surface area (Å²) < 4.78 is 0. The molecule has 0 aliphatic carbocycles. The zero-order chi connectivity index (χ0) is 14.8. The molecule has 2 aromatic rings. The summed E-state index contributed by atoms with van der Waals surface area (Å²) >= 11 is 6.10. The van der Waals surface area contributed by atoms with E-state index in [1.54, 1.807) is 11.0 Å². The lowest BCUT2D eigenvalue weighted by molar-refractivity contribution is 0.0985. The van der Waals surface area contributed by atoms with E-state index in [9.17, 15) is 9.70 Å². The second-order valence-corrected chi connectivity index (χ2v) is 5.35. The number of hydrogen-bond acceptors (Lipinski definition) is 3. The van der Waals surface area contributed by atoms with Crippen molar-refractivity contribution in [3.05, 3.63) is 63.5 Å². The molecule has 0 radical (unpaired) electrons. The molecule has 1 heterocycles. The molecule has 0 atom stereocenters. The average Bonchev–Trinajstić information content (AvgIpc) is 2.53. The van der Waals surface area contributed by atoms with Gasteiger partial charge >= 0.3 is 0 Å². The van der Waals surface area contributed by atoms with Crippen molar-refractivity contribution in [3.63, 3.8) is 0 Å². The molecule has 0 spiro atoms. The number of rotatable bonds is 2. The Hall–Kier alpha value is -2.20. The van der Waals surface area contributed by atoms with Crippen LogP contribution in [0.15, 0.2) is 47.6 Å². The zero-order valence-electron chi connectivity index (χ0n) is 11.3. The van der Waals surface area contributed by atoms with Crippen molar-refractivity contribution in [2.45, 2.75) is 12.8 Å². The number of carbonyl (C=O) groups excluding carboxylic acids is 1. The van der Waals surface area contributed by atoms with Crippen molar-refractivity contribution in [1.29, 1.82) is 0 Å². The smallest absolute Gasteiger partial charge is 0.259 e. The maximum Gasteiger partial charge on any atom is 0.259 e. The molecule has 0 aromatic heterocycles. The Balaban J connectivity index is 1.98. The molecule has 0 saturated carbocycles. The Bertz CT molecular complexity index is 715. The summed E-state index contributed by atoms with van der Waals surface area (Å²) in [7, 11) is 0. The molecule has 106 valence electrons. The van der Waals surface area contributed by atoms with E-state index >= 15 is 0 Å². The zero-order valence-corrected chi connectivity index (χ0v) is 12.0. The van der Waals surface area contributed by atoms with E-state index in [2.05, 4.69) is 5.18 Å². The standard InChI is InChI=1S/C16H13ClN2O2/c17-14-10-12(18-21)7-8-13(14)16(20)19-9-3-5-11-4-1-2-6-15(11)19/h1-2,4,6-8,10H,3,5,9H2. The van der Waals surface area contributed by atoms with Gasteiger partial charge in [0.05, 0.1) is 10.6 Å². The van der Waals surface area contributed by atoms with Crippen molar-refractivity contribution < 1.29 is 4.79 Å². The summed E-state index contributed by atoms with van der Waals surface area (Å²) in [5.74, 6) is -0.149. The van der Waals surface area contributed by atoms with Crippen LogP contribution in [0.2, 0.25) is 5.02 Å². The minimum Gasteiger partial charge on any atom is -0.308 e. The number of fused-ring (bicyclic) bond motifs is 1. The van der Waals surface area contributed by atoms with Crippen LogP contribution in [-0.2, 0) is 6.42 Å². The first-order valence-electron chi connectivity index (χ1n) is 6.73. The molecule has 1 aliphatic heterocycles. The van der Waals surface area contributed by atoms with Crippen LogP contribution in [0.4, 0.5) is 11.4 Å². The summed E-state index contributed by atoms with van der Waals surface area (Å²) in [4.78, 5) is 25.0. The number of amides is 1. The predicted molar refractivity (Wildman–Crippen MR) is 83.3 cm³/mol. The monoisotopic (exact) mass is 300 g/mol.